The van der Waals surface area contributed by atoms with Crippen LogP contribution in [0, 0.1) is 0 Å². The normalized spacial score (nSPS) is 16.3. The van der Waals surface area contributed by atoms with Crippen LogP contribution < -0.4 is 16.8 Å². The van der Waals surface area contributed by atoms with E-state index in [1.807, 2.05) is 13.1 Å². The third kappa shape index (κ3) is 4.47. The maximum atomic E-state index is 11.7. The molecule has 1 aliphatic rings. The molecule has 0 spiro atoms. The van der Waals surface area contributed by atoms with Crippen molar-refractivity contribution in [1.29, 1.82) is 0 Å². The van der Waals surface area contributed by atoms with Crippen molar-refractivity contribution in [3.8, 4) is 0 Å². The summed E-state index contributed by atoms with van der Waals surface area (Å²) in [5.41, 5.74) is 15.2. The van der Waals surface area contributed by atoms with Crippen LogP contribution in [-0.2, 0) is 4.79 Å². The van der Waals surface area contributed by atoms with E-state index in [0.29, 0.717) is 24.7 Å². The highest BCUT2D eigenvalue weighted by atomic mass is 16.2. The number of pyridine rings is 1. The highest BCUT2D eigenvalue weighted by Gasteiger charge is 2.22. The molecule has 138 valence electrons. The van der Waals surface area contributed by atoms with Crippen molar-refractivity contribution in [2.75, 3.05) is 27.2 Å². The minimum atomic E-state index is 0.0200. The number of carbonyl (C=O) groups is 1. The Hall–Kier alpha value is -3.16. The average Bonchev–Trinajstić information content (AvgIpc) is 2.66. The molecule has 0 fully saturated rings. The van der Waals surface area contributed by atoms with Gasteiger partial charge in [-0.05, 0) is 12.1 Å². The molecule has 8 nitrogen and oxygen atoms in total. The van der Waals surface area contributed by atoms with Gasteiger partial charge in [-0.25, -0.2) is 9.98 Å². The Morgan fingerprint density at radius 3 is 2.73 bits per heavy atom. The molecule has 1 aliphatic heterocycles. The number of carbonyl (C=O) groups excluding carboxylic acids is 1. The van der Waals surface area contributed by atoms with E-state index in [4.69, 9.17) is 11.5 Å². The first kappa shape index (κ1) is 19.2. The maximum absolute atomic E-state index is 11.7. The van der Waals surface area contributed by atoms with E-state index in [1.165, 1.54) is 6.20 Å². The fourth-order valence-corrected chi connectivity index (χ4v) is 2.71. The van der Waals surface area contributed by atoms with E-state index < -0.39 is 0 Å². The van der Waals surface area contributed by atoms with Gasteiger partial charge in [0.25, 0.3) is 0 Å². The van der Waals surface area contributed by atoms with Crippen LogP contribution in [0.2, 0.25) is 0 Å². The maximum Gasteiger partial charge on any atom is 0.219 e. The van der Waals surface area contributed by atoms with Crippen molar-refractivity contribution < 1.29 is 4.79 Å². The molecular weight excluding hydrogens is 330 g/mol. The predicted molar refractivity (Wildman–Crippen MR) is 105 cm³/mol. The number of nitrogens with zero attached hydrogens (tertiary/aromatic N) is 4. The molecule has 1 aromatic rings. The summed E-state index contributed by atoms with van der Waals surface area (Å²) in [6.07, 6.45) is 5.53. The van der Waals surface area contributed by atoms with Crippen LogP contribution in [0.15, 0.2) is 45.8 Å². The second-order valence-electron chi connectivity index (χ2n) is 5.81. The number of amides is 1. The topological polar surface area (TPSA) is 122 Å². The second-order valence-corrected chi connectivity index (χ2v) is 5.81. The molecule has 2 heterocycles. The molecule has 0 saturated carbocycles. The molecule has 1 amide bonds. The van der Waals surface area contributed by atoms with E-state index in [0.717, 1.165) is 28.8 Å². The molecule has 0 aliphatic carbocycles. The van der Waals surface area contributed by atoms with E-state index in [9.17, 15) is 4.79 Å². The lowest BCUT2D eigenvalue weighted by Gasteiger charge is -2.29. The van der Waals surface area contributed by atoms with Gasteiger partial charge in [-0.2, -0.15) is 0 Å². The number of nitrogens with one attached hydrogen (secondary N) is 1. The first-order valence-corrected chi connectivity index (χ1v) is 8.30. The number of nitrogens with two attached hydrogens (primary N) is 2. The molecule has 0 aromatic carbocycles. The van der Waals surface area contributed by atoms with Gasteiger partial charge in [-0.3, -0.25) is 9.79 Å². The Labute approximate surface area is 153 Å². The summed E-state index contributed by atoms with van der Waals surface area (Å²) in [5, 5.41) is 3.15. The van der Waals surface area contributed by atoms with Crippen molar-refractivity contribution in [3.63, 3.8) is 0 Å². The Kier molecular flexibility index (Phi) is 6.48. The minimum Gasteiger partial charge on any atom is -0.404 e. The highest BCUT2D eigenvalue weighted by Crippen LogP contribution is 2.19. The van der Waals surface area contributed by atoms with E-state index >= 15 is 0 Å². The van der Waals surface area contributed by atoms with E-state index in [-0.39, 0.29) is 5.91 Å². The predicted octanol–water partition coefficient (Wildman–Crippen LogP) is 0.796. The smallest absolute Gasteiger partial charge is 0.219 e. The fraction of sp³-hybridized carbons (Fsp3) is 0.333. The summed E-state index contributed by atoms with van der Waals surface area (Å²) >= 11 is 0. The molecule has 0 radical (unpaired) electrons. The minimum absolute atomic E-state index is 0.0200. The number of amidine groups is 1. The van der Waals surface area contributed by atoms with Crippen molar-refractivity contribution >= 4 is 29.3 Å². The quantitative estimate of drug-likeness (QED) is 0.532. The number of hydrogen-bond donors (Lipinski definition) is 3. The molecule has 0 atom stereocenters. The first-order valence-electron chi connectivity index (χ1n) is 8.30. The summed E-state index contributed by atoms with van der Waals surface area (Å²) in [7, 11) is 3.52. The van der Waals surface area contributed by atoms with Crippen LogP contribution in [0.25, 0.3) is 5.57 Å². The lowest BCUT2D eigenvalue weighted by atomic mass is 10.0. The van der Waals surface area contributed by atoms with Crippen molar-refractivity contribution in [2.24, 2.45) is 21.5 Å². The van der Waals surface area contributed by atoms with E-state index in [1.54, 1.807) is 37.3 Å². The lowest BCUT2D eigenvalue weighted by Crippen LogP contribution is -2.40. The zero-order chi connectivity index (χ0) is 19.1. The van der Waals surface area contributed by atoms with Crippen molar-refractivity contribution in [1.82, 2.24) is 15.2 Å². The van der Waals surface area contributed by atoms with Crippen LogP contribution in [0.5, 0.6) is 0 Å². The highest BCUT2D eigenvalue weighted by molar-refractivity contribution is 6.09. The zero-order valence-electron chi connectivity index (χ0n) is 15.4. The summed E-state index contributed by atoms with van der Waals surface area (Å²) in [6, 6.07) is 3.62. The number of allylic oxidation sites excluding steroid dienone is 1. The van der Waals surface area contributed by atoms with E-state index in [2.05, 4.69) is 20.3 Å². The third-order valence-corrected chi connectivity index (χ3v) is 4.17. The number of aromatic nitrogens is 1. The van der Waals surface area contributed by atoms with Crippen LogP contribution in [-0.4, -0.2) is 55.0 Å². The van der Waals surface area contributed by atoms with Gasteiger partial charge < -0.3 is 21.7 Å². The molecule has 0 bridgehead atoms. The molecule has 0 unspecified atom stereocenters. The van der Waals surface area contributed by atoms with Gasteiger partial charge in [-0.15, -0.1) is 0 Å². The van der Waals surface area contributed by atoms with Crippen LogP contribution >= 0.6 is 0 Å². The number of hydrogen-bond acceptors (Lipinski definition) is 6. The van der Waals surface area contributed by atoms with Gasteiger partial charge in [-0.1, -0.05) is 0 Å². The molecule has 1 aromatic heterocycles. The Bertz CT molecular complexity index is 775. The Balaban J connectivity index is 2.27. The fourth-order valence-electron chi connectivity index (χ4n) is 2.71. The van der Waals surface area contributed by atoms with Gasteiger partial charge in [0.15, 0.2) is 5.82 Å². The molecular formula is C18H25N7O. The molecule has 8 heteroatoms. The SMILES string of the molecule is CN=CC(=CN)c1ccc(N=C(N)C2=C(NC)CCN(C(C)=O)C2)nc1. The van der Waals surface area contributed by atoms with Gasteiger partial charge in [0.05, 0.1) is 6.54 Å². The summed E-state index contributed by atoms with van der Waals surface area (Å²) in [4.78, 5) is 26.1. The van der Waals surface area contributed by atoms with Crippen LogP contribution in [0.1, 0.15) is 18.9 Å². The molecule has 0 saturated heterocycles. The third-order valence-electron chi connectivity index (χ3n) is 4.17. The van der Waals surface area contributed by atoms with Gasteiger partial charge in [0.1, 0.15) is 5.84 Å². The molecule has 2 rings (SSSR count). The summed E-state index contributed by atoms with van der Waals surface area (Å²) < 4.78 is 0. The standard InChI is InChI=1S/C18H25N7O/c1-12(26)25-7-6-16(22-3)15(11-25)18(20)24-17-5-4-13(10-23-17)14(8-19)9-21-2/h4-5,8-10,22H,6-7,11,19H2,1-3H3,(H2,20,23,24). The Morgan fingerprint density at radius 1 is 1.42 bits per heavy atom. The van der Waals surface area contributed by atoms with Gasteiger partial charge in [0, 0.05) is 75.0 Å². The number of rotatable bonds is 5. The summed E-state index contributed by atoms with van der Waals surface area (Å²) in [5.74, 6) is 0.857. The lowest BCUT2D eigenvalue weighted by molar-refractivity contribution is -0.128. The second kappa shape index (κ2) is 8.80. The van der Waals surface area contributed by atoms with Crippen molar-refractivity contribution in [3.05, 3.63) is 41.4 Å². The monoisotopic (exact) mass is 355 g/mol. The Morgan fingerprint density at radius 2 is 2.19 bits per heavy atom. The van der Waals surface area contributed by atoms with Crippen molar-refractivity contribution in [2.45, 2.75) is 13.3 Å². The van der Waals surface area contributed by atoms with Crippen LogP contribution in [0.3, 0.4) is 0 Å². The van der Waals surface area contributed by atoms with Crippen LogP contribution in [0.4, 0.5) is 5.82 Å². The van der Waals surface area contributed by atoms with Gasteiger partial charge >= 0.3 is 0 Å². The first-order chi connectivity index (χ1) is 12.5. The largest absolute Gasteiger partial charge is 0.404 e. The summed E-state index contributed by atoms with van der Waals surface area (Å²) in [6.45, 7) is 2.66. The molecule has 5 N–H and O–H groups in total. The number of aliphatic imine (C=N–C) groups is 2. The van der Waals surface area contributed by atoms with Gasteiger partial charge in [0.2, 0.25) is 5.91 Å². The zero-order valence-corrected chi connectivity index (χ0v) is 15.4. The average molecular weight is 355 g/mol. The molecule has 26 heavy (non-hydrogen) atoms.